The summed E-state index contributed by atoms with van der Waals surface area (Å²) < 4.78 is 19.0. The summed E-state index contributed by atoms with van der Waals surface area (Å²) in [6.07, 6.45) is 0. The fraction of sp³-hybridized carbons (Fsp3) is 0.304. The van der Waals surface area contributed by atoms with E-state index < -0.39 is 10.8 Å². The van der Waals surface area contributed by atoms with Crippen LogP contribution in [-0.4, -0.2) is 27.0 Å². The van der Waals surface area contributed by atoms with Gasteiger partial charge in [0.15, 0.2) is 0 Å². The Labute approximate surface area is 178 Å². The van der Waals surface area contributed by atoms with Gasteiger partial charge in [-0.15, -0.1) is 0 Å². The van der Waals surface area contributed by atoms with Gasteiger partial charge >= 0.3 is 0 Å². The zero-order valence-corrected chi connectivity index (χ0v) is 18.4. The van der Waals surface area contributed by atoms with Crippen LogP contribution in [0.3, 0.4) is 0 Å². The lowest BCUT2D eigenvalue weighted by Gasteiger charge is -2.19. The van der Waals surface area contributed by atoms with Crippen molar-refractivity contribution in [2.24, 2.45) is 0 Å². The number of rotatable bonds is 4. The van der Waals surface area contributed by atoms with Gasteiger partial charge in [-0.1, -0.05) is 32.9 Å². The average molecular weight is 424 g/mol. The summed E-state index contributed by atoms with van der Waals surface area (Å²) in [5, 5.41) is 7.64. The molecule has 0 spiro atoms. The Morgan fingerprint density at radius 1 is 1.07 bits per heavy atom. The first-order chi connectivity index (χ1) is 14.3. The molecule has 0 unspecified atom stereocenters. The van der Waals surface area contributed by atoms with Gasteiger partial charge in [-0.3, -0.25) is 9.00 Å². The highest BCUT2D eigenvalue weighted by Crippen LogP contribution is 2.32. The molecule has 3 aromatic rings. The van der Waals surface area contributed by atoms with Crippen LogP contribution in [0.25, 0.3) is 5.69 Å². The van der Waals surface area contributed by atoms with Gasteiger partial charge in [0.1, 0.15) is 11.6 Å². The number of benzene rings is 2. The van der Waals surface area contributed by atoms with Gasteiger partial charge in [0.2, 0.25) is 0 Å². The number of hydrogen-bond acceptors (Lipinski definition) is 4. The molecule has 1 amide bonds. The molecule has 0 bridgehead atoms. The summed E-state index contributed by atoms with van der Waals surface area (Å²) in [6.45, 7) is 6.41. The van der Waals surface area contributed by atoms with Crippen molar-refractivity contribution in [1.29, 1.82) is 0 Å². The first-order valence-corrected chi connectivity index (χ1v) is 11.3. The zero-order chi connectivity index (χ0) is 21.5. The van der Waals surface area contributed by atoms with E-state index in [4.69, 9.17) is 4.74 Å². The lowest BCUT2D eigenvalue weighted by Crippen LogP contribution is -2.17. The maximum Gasteiger partial charge on any atom is 0.256 e. The first kappa shape index (κ1) is 20.3. The van der Waals surface area contributed by atoms with Crippen molar-refractivity contribution in [2.45, 2.75) is 37.7 Å². The molecule has 1 aliphatic heterocycles. The first-order valence-electron chi connectivity index (χ1n) is 9.78. The summed E-state index contributed by atoms with van der Waals surface area (Å²) in [4.78, 5) is 13.0. The van der Waals surface area contributed by atoms with Gasteiger partial charge < -0.3 is 10.1 Å². The highest BCUT2D eigenvalue weighted by Gasteiger charge is 2.28. The van der Waals surface area contributed by atoms with Gasteiger partial charge in [0.05, 0.1) is 30.0 Å². The molecule has 2 aromatic carbocycles. The summed E-state index contributed by atoms with van der Waals surface area (Å²) in [5.74, 6) is 1.90. The minimum absolute atomic E-state index is 0.0207. The number of aromatic nitrogens is 2. The average Bonchev–Trinajstić information content (AvgIpc) is 3.24. The molecular weight excluding hydrogens is 398 g/mol. The Kier molecular flexibility index (Phi) is 5.24. The molecule has 2 heterocycles. The van der Waals surface area contributed by atoms with Crippen molar-refractivity contribution in [2.75, 3.05) is 12.4 Å². The lowest BCUT2D eigenvalue weighted by atomic mass is 9.87. The number of anilines is 1. The number of nitrogens with zero attached hydrogens (tertiary/aromatic N) is 2. The second-order valence-corrected chi connectivity index (χ2v) is 9.85. The van der Waals surface area contributed by atoms with E-state index in [1.54, 1.807) is 11.8 Å². The smallest absolute Gasteiger partial charge is 0.256 e. The normalized spacial score (nSPS) is 15.7. The minimum atomic E-state index is -0.988. The number of ether oxygens (including phenoxy) is 1. The van der Waals surface area contributed by atoms with E-state index in [0.717, 1.165) is 22.7 Å². The van der Waals surface area contributed by atoms with E-state index in [1.165, 1.54) is 5.56 Å². The summed E-state index contributed by atoms with van der Waals surface area (Å²) in [5.41, 5.74) is 4.16. The maximum absolute atomic E-state index is 13.0. The summed E-state index contributed by atoms with van der Waals surface area (Å²) in [7, 11) is 0.627. The number of methoxy groups -OCH3 is 1. The van der Waals surface area contributed by atoms with Crippen molar-refractivity contribution >= 4 is 22.5 Å². The Morgan fingerprint density at radius 2 is 1.73 bits per heavy atom. The van der Waals surface area contributed by atoms with E-state index in [1.807, 2.05) is 48.5 Å². The Morgan fingerprint density at radius 3 is 2.33 bits per heavy atom. The Bertz CT molecular complexity index is 1110. The largest absolute Gasteiger partial charge is 0.497 e. The number of nitrogens with one attached hydrogen (secondary N) is 1. The van der Waals surface area contributed by atoms with Gasteiger partial charge in [-0.2, -0.15) is 5.10 Å². The molecular formula is C23H25N3O3S. The van der Waals surface area contributed by atoms with Crippen molar-refractivity contribution in [1.82, 2.24) is 9.78 Å². The SMILES string of the molecule is COc1ccc(-n2nc3c(c2NC(=O)c2ccc(C(C)(C)C)cc2)C[S@@](=O)C3)cc1. The standard InChI is InChI=1S/C23H25N3O3S/c1-23(2,3)16-7-5-15(6-8-16)22(27)24-21-19-13-30(28)14-20(19)25-26(21)17-9-11-18(29-4)12-10-17/h5-12H,13-14H2,1-4H3,(H,24,27)/t30-/m1/s1. The molecule has 4 rings (SSSR count). The fourth-order valence-corrected chi connectivity index (χ4v) is 4.73. The monoisotopic (exact) mass is 423 g/mol. The molecule has 30 heavy (non-hydrogen) atoms. The molecule has 0 saturated heterocycles. The van der Waals surface area contributed by atoms with Gasteiger partial charge in [0.25, 0.3) is 5.91 Å². The number of carbonyl (C=O) groups excluding carboxylic acids is 1. The molecule has 1 atom stereocenters. The molecule has 0 saturated carbocycles. The van der Waals surface area contributed by atoms with Gasteiger partial charge in [-0.05, 0) is 47.4 Å². The predicted molar refractivity (Wildman–Crippen MR) is 119 cm³/mol. The molecule has 1 N–H and O–H groups in total. The number of fused-ring (bicyclic) bond motifs is 1. The third kappa shape index (κ3) is 3.89. The van der Waals surface area contributed by atoms with E-state index in [-0.39, 0.29) is 11.3 Å². The summed E-state index contributed by atoms with van der Waals surface area (Å²) >= 11 is 0. The van der Waals surface area contributed by atoms with E-state index in [0.29, 0.717) is 22.9 Å². The van der Waals surface area contributed by atoms with Crippen LogP contribution in [0, 0.1) is 0 Å². The second kappa shape index (κ2) is 7.72. The number of carbonyl (C=O) groups is 1. The van der Waals surface area contributed by atoms with E-state index >= 15 is 0 Å². The molecule has 0 fully saturated rings. The lowest BCUT2D eigenvalue weighted by molar-refractivity contribution is 0.102. The molecule has 0 aliphatic carbocycles. The van der Waals surface area contributed by atoms with Crippen LogP contribution < -0.4 is 10.1 Å². The van der Waals surface area contributed by atoms with Crippen LogP contribution in [0.2, 0.25) is 0 Å². The van der Waals surface area contributed by atoms with Crippen LogP contribution in [0.1, 0.15) is 48.0 Å². The third-order valence-electron chi connectivity index (χ3n) is 5.23. The van der Waals surface area contributed by atoms with Crippen LogP contribution in [0.15, 0.2) is 48.5 Å². The van der Waals surface area contributed by atoms with Gasteiger partial charge in [0, 0.05) is 21.9 Å². The minimum Gasteiger partial charge on any atom is -0.497 e. The topological polar surface area (TPSA) is 73.2 Å². The van der Waals surface area contributed by atoms with Crippen molar-refractivity contribution in [3.63, 3.8) is 0 Å². The third-order valence-corrected chi connectivity index (χ3v) is 6.44. The van der Waals surface area contributed by atoms with Crippen LogP contribution in [0.5, 0.6) is 5.75 Å². The number of hydrogen-bond donors (Lipinski definition) is 1. The molecule has 0 radical (unpaired) electrons. The van der Waals surface area contributed by atoms with Crippen LogP contribution >= 0.6 is 0 Å². The molecule has 1 aliphatic rings. The Balaban J connectivity index is 1.67. The van der Waals surface area contributed by atoms with E-state index in [9.17, 15) is 9.00 Å². The van der Waals surface area contributed by atoms with Crippen LogP contribution in [-0.2, 0) is 27.7 Å². The second-order valence-electron chi connectivity index (χ2n) is 8.39. The Hall–Kier alpha value is -2.93. The van der Waals surface area contributed by atoms with Crippen molar-refractivity contribution in [3.8, 4) is 11.4 Å². The maximum atomic E-state index is 13.0. The van der Waals surface area contributed by atoms with Crippen molar-refractivity contribution < 1.29 is 13.7 Å². The quantitative estimate of drug-likeness (QED) is 0.683. The zero-order valence-electron chi connectivity index (χ0n) is 17.6. The number of amides is 1. The fourth-order valence-electron chi connectivity index (χ4n) is 3.47. The molecule has 156 valence electrons. The van der Waals surface area contributed by atoms with E-state index in [2.05, 4.69) is 31.2 Å². The highest BCUT2D eigenvalue weighted by atomic mass is 32.2. The predicted octanol–water partition coefficient (Wildman–Crippen LogP) is 4.19. The van der Waals surface area contributed by atoms with Crippen molar-refractivity contribution in [3.05, 3.63) is 70.9 Å². The molecule has 1 aromatic heterocycles. The van der Waals surface area contributed by atoms with Crippen LogP contribution in [0.4, 0.5) is 5.82 Å². The van der Waals surface area contributed by atoms with Gasteiger partial charge in [-0.25, -0.2) is 4.68 Å². The highest BCUT2D eigenvalue weighted by molar-refractivity contribution is 7.83. The summed E-state index contributed by atoms with van der Waals surface area (Å²) in [6, 6.07) is 15.1. The molecule has 7 heteroatoms. The molecule has 6 nitrogen and oxygen atoms in total.